The predicted molar refractivity (Wildman–Crippen MR) is 114 cm³/mol. The summed E-state index contributed by atoms with van der Waals surface area (Å²) >= 11 is 0. The molecule has 2 N–H and O–H groups in total. The van der Waals surface area contributed by atoms with Gasteiger partial charge in [-0.05, 0) is 38.5 Å². The van der Waals surface area contributed by atoms with Crippen LogP contribution in [-0.2, 0) is 9.84 Å². The van der Waals surface area contributed by atoms with Crippen molar-refractivity contribution < 1.29 is 8.42 Å². The summed E-state index contributed by atoms with van der Waals surface area (Å²) in [7, 11) is -2.81. The smallest absolute Gasteiger partial charge is 0.191 e. The largest absolute Gasteiger partial charge is 0.357 e. The molecule has 0 spiro atoms. The number of nitrogens with one attached hydrogen (secondary N) is 2. The lowest BCUT2D eigenvalue weighted by molar-refractivity contribution is 0.242. The van der Waals surface area contributed by atoms with Crippen LogP contribution in [0.15, 0.2) is 4.99 Å². The van der Waals surface area contributed by atoms with Crippen LogP contribution >= 0.6 is 24.0 Å². The van der Waals surface area contributed by atoms with Crippen molar-refractivity contribution in [1.82, 2.24) is 15.5 Å². The molecule has 6 nitrogen and oxygen atoms in total. The average Bonchev–Trinajstić information content (AvgIpc) is 3.25. The summed E-state index contributed by atoms with van der Waals surface area (Å²) in [6, 6.07) is 1.25. The van der Waals surface area contributed by atoms with E-state index in [1.165, 1.54) is 38.6 Å². The number of sulfone groups is 1. The van der Waals surface area contributed by atoms with Gasteiger partial charge in [0.2, 0.25) is 0 Å². The fraction of sp³-hybridized carbons (Fsp3) is 0.941. The third-order valence-electron chi connectivity index (χ3n) is 5.58. The molecule has 3 rings (SSSR count). The molecule has 2 aliphatic heterocycles. The van der Waals surface area contributed by atoms with Gasteiger partial charge in [0.05, 0.1) is 11.5 Å². The number of hydrogen-bond acceptors (Lipinski definition) is 4. The Kier molecular flexibility index (Phi) is 8.26. The fourth-order valence-electron chi connectivity index (χ4n) is 4.26. The van der Waals surface area contributed by atoms with E-state index in [2.05, 4.69) is 27.4 Å². The zero-order chi connectivity index (χ0) is 17.0. The third-order valence-corrected chi connectivity index (χ3v) is 7.42. The van der Waals surface area contributed by atoms with Crippen LogP contribution in [0, 0.1) is 5.92 Å². The first-order valence-corrected chi connectivity index (χ1v) is 11.4. The standard InChI is InChI=1S/C17H32N4O2S.HI/c1-2-18-17(19-11-14-8-10-24(22,23)13-14)20-15-7-9-21(12-15)16-5-3-4-6-16;/h14-16H,2-13H2,1H3,(H2,18,19,20);1H. The summed E-state index contributed by atoms with van der Waals surface area (Å²) in [5.74, 6) is 1.66. The summed E-state index contributed by atoms with van der Waals surface area (Å²) in [6.07, 6.45) is 7.40. The van der Waals surface area contributed by atoms with E-state index in [-0.39, 0.29) is 29.9 Å². The predicted octanol–water partition coefficient (Wildman–Crippen LogP) is 1.61. The summed E-state index contributed by atoms with van der Waals surface area (Å²) in [6.45, 7) is 5.79. The van der Waals surface area contributed by atoms with Gasteiger partial charge in [-0.15, -0.1) is 24.0 Å². The molecule has 0 aromatic rings. The molecule has 2 heterocycles. The minimum absolute atomic E-state index is 0. The van der Waals surface area contributed by atoms with Crippen LogP contribution in [0.3, 0.4) is 0 Å². The maximum absolute atomic E-state index is 11.6. The molecule has 2 atom stereocenters. The van der Waals surface area contributed by atoms with Gasteiger partial charge in [-0.3, -0.25) is 9.89 Å². The van der Waals surface area contributed by atoms with Gasteiger partial charge in [0, 0.05) is 38.3 Å². The highest BCUT2D eigenvalue weighted by Crippen LogP contribution is 2.26. The Morgan fingerprint density at radius 1 is 1.20 bits per heavy atom. The molecule has 0 bridgehead atoms. The Hall–Kier alpha value is -0.0900. The molecular formula is C17H33IN4O2S. The summed E-state index contributed by atoms with van der Waals surface area (Å²) in [4.78, 5) is 7.30. The van der Waals surface area contributed by atoms with Crippen molar-refractivity contribution in [3.8, 4) is 0 Å². The maximum atomic E-state index is 11.6. The molecule has 2 unspecified atom stereocenters. The van der Waals surface area contributed by atoms with Gasteiger partial charge in [0.25, 0.3) is 0 Å². The van der Waals surface area contributed by atoms with E-state index in [4.69, 9.17) is 0 Å². The Labute approximate surface area is 169 Å². The van der Waals surface area contributed by atoms with Gasteiger partial charge in [-0.1, -0.05) is 12.8 Å². The van der Waals surface area contributed by atoms with Gasteiger partial charge in [0.15, 0.2) is 15.8 Å². The zero-order valence-corrected chi connectivity index (χ0v) is 18.4. The first-order valence-electron chi connectivity index (χ1n) is 9.55. The molecule has 1 saturated carbocycles. The van der Waals surface area contributed by atoms with Crippen molar-refractivity contribution >= 4 is 39.8 Å². The van der Waals surface area contributed by atoms with Crippen molar-refractivity contribution in [3.05, 3.63) is 0 Å². The van der Waals surface area contributed by atoms with Gasteiger partial charge >= 0.3 is 0 Å². The van der Waals surface area contributed by atoms with Gasteiger partial charge in [-0.2, -0.15) is 0 Å². The molecule has 146 valence electrons. The number of guanidine groups is 1. The van der Waals surface area contributed by atoms with E-state index in [9.17, 15) is 8.42 Å². The van der Waals surface area contributed by atoms with Crippen molar-refractivity contribution in [1.29, 1.82) is 0 Å². The monoisotopic (exact) mass is 484 g/mol. The Morgan fingerprint density at radius 2 is 1.96 bits per heavy atom. The first kappa shape index (κ1) is 21.2. The number of rotatable bonds is 5. The minimum atomic E-state index is -2.81. The highest BCUT2D eigenvalue weighted by molar-refractivity contribution is 14.0. The van der Waals surface area contributed by atoms with E-state index in [0.29, 0.717) is 24.1 Å². The minimum Gasteiger partial charge on any atom is -0.357 e. The molecule has 0 amide bonds. The highest BCUT2D eigenvalue weighted by Gasteiger charge is 2.31. The third kappa shape index (κ3) is 6.23. The van der Waals surface area contributed by atoms with E-state index in [0.717, 1.165) is 31.5 Å². The molecule has 1 aliphatic carbocycles. The molecule has 2 saturated heterocycles. The Balaban J connectivity index is 0.00000225. The van der Waals surface area contributed by atoms with E-state index in [1.54, 1.807) is 0 Å². The number of aliphatic imine (C=N–C) groups is 1. The van der Waals surface area contributed by atoms with Crippen LogP contribution < -0.4 is 10.6 Å². The molecule has 25 heavy (non-hydrogen) atoms. The molecule has 0 radical (unpaired) electrons. The highest BCUT2D eigenvalue weighted by atomic mass is 127. The number of likely N-dealkylation sites (tertiary alicyclic amines) is 1. The SMILES string of the molecule is CCNC(=NCC1CCS(=O)(=O)C1)NC1CCN(C2CCCC2)C1.I. The van der Waals surface area contributed by atoms with Gasteiger partial charge in [-0.25, -0.2) is 8.42 Å². The van der Waals surface area contributed by atoms with Crippen LogP contribution in [0.5, 0.6) is 0 Å². The van der Waals surface area contributed by atoms with Crippen molar-refractivity contribution in [2.75, 3.05) is 37.7 Å². The maximum Gasteiger partial charge on any atom is 0.191 e. The summed E-state index contributed by atoms with van der Waals surface area (Å²) in [5, 5.41) is 6.87. The number of nitrogens with zero attached hydrogens (tertiary/aromatic N) is 2. The van der Waals surface area contributed by atoms with Crippen LogP contribution in [0.25, 0.3) is 0 Å². The van der Waals surface area contributed by atoms with Crippen molar-refractivity contribution in [3.63, 3.8) is 0 Å². The van der Waals surface area contributed by atoms with Gasteiger partial charge in [0.1, 0.15) is 0 Å². The topological polar surface area (TPSA) is 73.8 Å². The Bertz CT molecular complexity index is 549. The van der Waals surface area contributed by atoms with E-state index in [1.807, 2.05) is 0 Å². The lowest BCUT2D eigenvalue weighted by atomic mass is 10.1. The van der Waals surface area contributed by atoms with Crippen LogP contribution in [-0.4, -0.2) is 69.0 Å². The van der Waals surface area contributed by atoms with Crippen LogP contribution in [0.1, 0.15) is 45.4 Å². The molecule has 8 heteroatoms. The molecule has 0 aromatic carbocycles. The van der Waals surface area contributed by atoms with E-state index < -0.39 is 9.84 Å². The van der Waals surface area contributed by atoms with Crippen molar-refractivity contribution in [2.24, 2.45) is 10.9 Å². The van der Waals surface area contributed by atoms with Crippen LogP contribution in [0.4, 0.5) is 0 Å². The Morgan fingerprint density at radius 3 is 2.60 bits per heavy atom. The van der Waals surface area contributed by atoms with Gasteiger partial charge < -0.3 is 10.6 Å². The summed E-state index contributed by atoms with van der Waals surface area (Å²) in [5.41, 5.74) is 0. The lowest BCUT2D eigenvalue weighted by Crippen LogP contribution is -2.45. The second-order valence-electron chi connectivity index (χ2n) is 7.55. The number of halogens is 1. The first-order chi connectivity index (χ1) is 11.6. The average molecular weight is 484 g/mol. The van der Waals surface area contributed by atoms with E-state index >= 15 is 0 Å². The fourth-order valence-corrected chi connectivity index (χ4v) is 6.11. The quantitative estimate of drug-likeness (QED) is 0.353. The lowest BCUT2D eigenvalue weighted by Gasteiger charge is -2.24. The molecular weight excluding hydrogens is 451 g/mol. The zero-order valence-electron chi connectivity index (χ0n) is 15.2. The second kappa shape index (κ2) is 9.73. The molecule has 3 aliphatic rings. The normalized spacial score (nSPS) is 30.4. The number of hydrogen-bond donors (Lipinski definition) is 2. The summed E-state index contributed by atoms with van der Waals surface area (Å²) < 4.78 is 23.1. The van der Waals surface area contributed by atoms with Crippen LogP contribution in [0.2, 0.25) is 0 Å². The molecule has 3 fully saturated rings. The van der Waals surface area contributed by atoms with Crippen molar-refractivity contribution in [2.45, 2.75) is 57.5 Å². The second-order valence-corrected chi connectivity index (χ2v) is 9.78. The molecule has 0 aromatic heterocycles.